The summed E-state index contributed by atoms with van der Waals surface area (Å²) in [5.74, 6) is 0. The van der Waals surface area contributed by atoms with E-state index in [2.05, 4.69) is 9.97 Å². The molecular weight excluding hydrogens is 172 g/mol. The van der Waals surface area contributed by atoms with Crippen LogP contribution in [-0.2, 0) is 0 Å². The van der Waals surface area contributed by atoms with Gasteiger partial charge in [0.15, 0.2) is 0 Å². The molecule has 0 amide bonds. The Hall–Kier alpha value is -1.96. The van der Waals surface area contributed by atoms with E-state index in [0.717, 1.165) is 17.0 Å². The van der Waals surface area contributed by atoms with Crippen molar-refractivity contribution in [3.8, 4) is 11.4 Å². The van der Waals surface area contributed by atoms with E-state index in [-0.39, 0.29) is 0 Å². The van der Waals surface area contributed by atoms with E-state index in [1.54, 1.807) is 12.4 Å². The average Bonchev–Trinajstić information content (AvgIpc) is 2.30. The predicted molar refractivity (Wildman–Crippen MR) is 56.2 cm³/mol. The molecule has 2 nitrogen and oxygen atoms in total. The Morgan fingerprint density at radius 3 is 2.43 bits per heavy atom. The lowest BCUT2D eigenvalue weighted by atomic mass is 10.2. The van der Waals surface area contributed by atoms with Crippen molar-refractivity contribution in [2.45, 2.75) is 0 Å². The molecule has 2 heteroatoms. The molecule has 0 unspecified atom stereocenters. The third-order valence-corrected chi connectivity index (χ3v) is 1.91. The zero-order valence-electron chi connectivity index (χ0n) is 7.59. The fourth-order valence-corrected chi connectivity index (χ4v) is 1.17. The van der Waals surface area contributed by atoms with Gasteiger partial charge >= 0.3 is 0 Å². The summed E-state index contributed by atoms with van der Waals surface area (Å²) in [4.78, 5) is 8.45. The van der Waals surface area contributed by atoms with Crippen LogP contribution in [0, 0.1) is 6.58 Å². The van der Waals surface area contributed by atoms with E-state index in [9.17, 15) is 0 Å². The molecule has 0 bridgehead atoms. The minimum absolute atomic E-state index is 0.858. The van der Waals surface area contributed by atoms with Gasteiger partial charge in [0.05, 0.1) is 11.4 Å². The van der Waals surface area contributed by atoms with Crippen molar-refractivity contribution < 1.29 is 0 Å². The van der Waals surface area contributed by atoms with Gasteiger partial charge in [0, 0.05) is 12.4 Å². The lowest BCUT2D eigenvalue weighted by molar-refractivity contribution is 1.24. The van der Waals surface area contributed by atoms with Gasteiger partial charge in [-0.1, -0.05) is 24.8 Å². The Kier molecular flexibility index (Phi) is 2.36. The van der Waals surface area contributed by atoms with Crippen LogP contribution < -0.4 is 0 Å². The zero-order valence-corrected chi connectivity index (χ0v) is 7.59. The zero-order chi connectivity index (χ0) is 9.80. The third-order valence-electron chi connectivity index (χ3n) is 1.91. The Labute approximate surface area is 83.0 Å². The first-order chi connectivity index (χ1) is 6.90. The molecule has 0 aliphatic heterocycles. The van der Waals surface area contributed by atoms with Crippen LogP contribution in [0.1, 0.15) is 5.56 Å². The van der Waals surface area contributed by atoms with Crippen LogP contribution >= 0.6 is 0 Å². The topological polar surface area (TPSA) is 25.8 Å². The van der Waals surface area contributed by atoms with Crippen molar-refractivity contribution in [2.75, 3.05) is 0 Å². The summed E-state index contributed by atoms with van der Waals surface area (Å²) in [5, 5.41) is 0. The molecular formula is C12H9N2. The van der Waals surface area contributed by atoms with Crippen LogP contribution in [0.5, 0.6) is 0 Å². The third kappa shape index (κ3) is 1.69. The number of aromatic nitrogens is 2. The monoisotopic (exact) mass is 181 g/mol. The number of hydrogen-bond acceptors (Lipinski definition) is 2. The van der Waals surface area contributed by atoms with E-state index < -0.39 is 0 Å². The fraction of sp³-hybridized carbons (Fsp3) is 0. The van der Waals surface area contributed by atoms with Gasteiger partial charge in [-0.3, -0.25) is 9.97 Å². The molecule has 0 atom stereocenters. The summed E-state index contributed by atoms with van der Waals surface area (Å²) in [6.07, 6.45) is 5.00. The highest BCUT2D eigenvalue weighted by atomic mass is 14.8. The van der Waals surface area contributed by atoms with Gasteiger partial charge in [-0.25, -0.2) is 0 Å². The van der Waals surface area contributed by atoms with Crippen molar-refractivity contribution >= 4 is 6.08 Å². The average molecular weight is 181 g/mol. The van der Waals surface area contributed by atoms with Crippen LogP contribution in [0.25, 0.3) is 17.5 Å². The summed E-state index contributed by atoms with van der Waals surface area (Å²) in [5.41, 5.74) is 2.64. The highest BCUT2D eigenvalue weighted by molar-refractivity contribution is 5.56. The molecule has 0 saturated heterocycles. The first kappa shape index (κ1) is 8.63. The van der Waals surface area contributed by atoms with E-state index in [4.69, 9.17) is 6.58 Å². The van der Waals surface area contributed by atoms with Gasteiger partial charge in [0.2, 0.25) is 0 Å². The smallest absolute Gasteiger partial charge is 0.0886 e. The van der Waals surface area contributed by atoms with Crippen LogP contribution in [0.4, 0.5) is 0 Å². The maximum absolute atomic E-state index is 5.36. The van der Waals surface area contributed by atoms with Crippen molar-refractivity contribution in [2.24, 2.45) is 0 Å². The molecule has 2 heterocycles. The van der Waals surface area contributed by atoms with Crippen LogP contribution in [0.2, 0.25) is 0 Å². The molecule has 2 aromatic rings. The van der Waals surface area contributed by atoms with Crippen molar-refractivity contribution in [1.29, 1.82) is 0 Å². The highest BCUT2D eigenvalue weighted by Crippen LogP contribution is 2.13. The van der Waals surface area contributed by atoms with Gasteiger partial charge in [-0.15, -0.1) is 0 Å². The Bertz CT molecular complexity index is 418. The summed E-state index contributed by atoms with van der Waals surface area (Å²) >= 11 is 0. The molecule has 0 aliphatic carbocycles. The number of nitrogens with zero attached hydrogens (tertiary/aromatic N) is 2. The molecule has 0 spiro atoms. The van der Waals surface area contributed by atoms with Crippen molar-refractivity contribution in [3.05, 3.63) is 54.9 Å². The summed E-state index contributed by atoms with van der Waals surface area (Å²) < 4.78 is 0. The van der Waals surface area contributed by atoms with E-state index in [1.807, 2.05) is 30.3 Å². The van der Waals surface area contributed by atoms with Crippen molar-refractivity contribution in [3.63, 3.8) is 0 Å². The minimum atomic E-state index is 0.858. The lowest BCUT2D eigenvalue weighted by Crippen LogP contribution is -1.86. The molecule has 0 aromatic carbocycles. The highest BCUT2D eigenvalue weighted by Gasteiger charge is 1.97. The molecule has 2 rings (SSSR count). The number of hydrogen-bond donors (Lipinski definition) is 0. The first-order valence-corrected chi connectivity index (χ1v) is 4.32. The van der Waals surface area contributed by atoms with Gasteiger partial charge in [0.25, 0.3) is 0 Å². The van der Waals surface area contributed by atoms with Crippen molar-refractivity contribution in [1.82, 2.24) is 9.97 Å². The van der Waals surface area contributed by atoms with Crippen LogP contribution in [0.15, 0.2) is 42.7 Å². The second kappa shape index (κ2) is 3.83. The van der Waals surface area contributed by atoms with E-state index in [0.29, 0.717) is 0 Å². The molecule has 0 saturated carbocycles. The molecule has 0 aliphatic rings. The van der Waals surface area contributed by atoms with Crippen LogP contribution in [-0.4, -0.2) is 9.97 Å². The number of rotatable bonds is 2. The SMILES string of the molecule is [CH]=Cc1ccc(-c2ccccn2)nc1. The number of pyridine rings is 2. The Morgan fingerprint density at radius 2 is 1.86 bits per heavy atom. The molecule has 2 aromatic heterocycles. The predicted octanol–water partition coefficient (Wildman–Crippen LogP) is 2.59. The fourth-order valence-electron chi connectivity index (χ4n) is 1.17. The maximum Gasteiger partial charge on any atom is 0.0886 e. The van der Waals surface area contributed by atoms with Gasteiger partial charge in [-0.2, -0.15) is 0 Å². The van der Waals surface area contributed by atoms with Gasteiger partial charge < -0.3 is 0 Å². The normalized spacial score (nSPS) is 9.71. The Morgan fingerprint density at radius 1 is 1.00 bits per heavy atom. The molecule has 14 heavy (non-hydrogen) atoms. The summed E-state index contributed by atoms with van der Waals surface area (Å²) in [7, 11) is 0. The second-order valence-electron chi connectivity index (χ2n) is 2.86. The quantitative estimate of drug-likeness (QED) is 0.711. The second-order valence-corrected chi connectivity index (χ2v) is 2.86. The molecule has 67 valence electrons. The van der Waals surface area contributed by atoms with E-state index >= 15 is 0 Å². The first-order valence-electron chi connectivity index (χ1n) is 4.32. The van der Waals surface area contributed by atoms with E-state index in [1.165, 1.54) is 6.08 Å². The lowest BCUT2D eigenvalue weighted by Gasteiger charge is -1.98. The Balaban J connectivity index is 2.39. The summed E-state index contributed by atoms with van der Waals surface area (Å²) in [6.45, 7) is 5.36. The summed E-state index contributed by atoms with van der Waals surface area (Å²) in [6, 6.07) is 9.56. The molecule has 1 radical (unpaired) electrons. The molecule has 0 fully saturated rings. The standard InChI is InChI=1S/C12H9N2/c1-2-10-6-7-12(14-9-10)11-5-3-4-8-13-11/h1-9H. The molecule has 0 N–H and O–H groups in total. The van der Waals surface area contributed by atoms with Gasteiger partial charge in [0.1, 0.15) is 0 Å². The van der Waals surface area contributed by atoms with Crippen LogP contribution in [0.3, 0.4) is 0 Å². The minimum Gasteiger partial charge on any atom is -0.255 e. The maximum atomic E-state index is 5.36. The largest absolute Gasteiger partial charge is 0.255 e. The van der Waals surface area contributed by atoms with Gasteiger partial charge in [-0.05, 0) is 23.8 Å².